The van der Waals surface area contributed by atoms with Crippen LogP contribution in [-0.4, -0.2) is 14.3 Å². The van der Waals surface area contributed by atoms with Gasteiger partial charge in [-0.25, -0.2) is 0 Å². The standard InChI is InChI=1S/C6H6N2O2S2/c1-4-7-5-2-3-11-6(5)12(9,10)8-4/h2-3H,1H3,(H,7,8). The van der Waals surface area contributed by atoms with Crippen LogP contribution >= 0.6 is 11.3 Å². The number of sulfonamides is 1. The van der Waals surface area contributed by atoms with Crippen LogP contribution in [-0.2, 0) is 10.0 Å². The Kier molecular flexibility index (Phi) is 1.49. The highest BCUT2D eigenvalue weighted by Crippen LogP contribution is 2.31. The number of thiophene rings is 1. The first-order valence-corrected chi connectivity index (χ1v) is 5.58. The van der Waals surface area contributed by atoms with E-state index in [1.54, 1.807) is 18.4 Å². The lowest BCUT2D eigenvalue weighted by molar-refractivity contribution is 0.600. The highest BCUT2D eigenvalue weighted by Gasteiger charge is 2.24. The van der Waals surface area contributed by atoms with Crippen molar-refractivity contribution in [1.82, 2.24) is 0 Å². The topological polar surface area (TPSA) is 58.5 Å². The summed E-state index contributed by atoms with van der Waals surface area (Å²) in [6, 6.07) is 1.73. The van der Waals surface area contributed by atoms with Crippen LogP contribution in [0.1, 0.15) is 6.92 Å². The number of nitrogens with one attached hydrogen (secondary N) is 1. The molecule has 1 aromatic heterocycles. The van der Waals surface area contributed by atoms with Crippen molar-refractivity contribution in [3.8, 4) is 0 Å². The second-order valence-electron chi connectivity index (χ2n) is 2.40. The monoisotopic (exact) mass is 202 g/mol. The molecule has 0 bridgehead atoms. The summed E-state index contributed by atoms with van der Waals surface area (Å²) < 4.78 is 26.5. The minimum Gasteiger partial charge on any atom is -0.341 e. The summed E-state index contributed by atoms with van der Waals surface area (Å²) in [6.07, 6.45) is 0. The number of fused-ring (bicyclic) bond motifs is 1. The smallest absolute Gasteiger partial charge is 0.295 e. The molecule has 0 unspecified atom stereocenters. The molecule has 1 aliphatic rings. The summed E-state index contributed by atoms with van der Waals surface area (Å²) >= 11 is 1.18. The summed E-state index contributed by atoms with van der Waals surface area (Å²) in [5.41, 5.74) is 0.632. The number of anilines is 1. The van der Waals surface area contributed by atoms with Crippen LogP contribution in [0.3, 0.4) is 0 Å². The van der Waals surface area contributed by atoms with Crippen LogP contribution in [0.4, 0.5) is 5.69 Å². The van der Waals surface area contributed by atoms with E-state index >= 15 is 0 Å². The molecule has 6 heteroatoms. The van der Waals surface area contributed by atoms with Crippen LogP contribution in [0.25, 0.3) is 0 Å². The maximum Gasteiger partial charge on any atom is 0.295 e. The second kappa shape index (κ2) is 2.30. The zero-order valence-electron chi connectivity index (χ0n) is 6.23. The van der Waals surface area contributed by atoms with Crippen molar-refractivity contribution in [3.05, 3.63) is 11.4 Å². The molecule has 0 saturated carbocycles. The number of hydrogen-bond donors (Lipinski definition) is 1. The van der Waals surface area contributed by atoms with Gasteiger partial charge in [0.05, 0.1) is 5.69 Å². The molecule has 4 nitrogen and oxygen atoms in total. The van der Waals surface area contributed by atoms with Crippen LogP contribution in [0.15, 0.2) is 20.1 Å². The first kappa shape index (κ1) is 7.75. The Hall–Kier alpha value is -0.880. The Morgan fingerprint density at radius 2 is 2.33 bits per heavy atom. The average molecular weight is 202 g/mol. The zero-order chi connectivity index (χ0) is 8.77. The summed E-state index contributed by atoms with van der Waals surface area (Å²) in [5.74, 6) is 0.418. The Morgan fingerprint density at radius 1 is 1.58 bits per heavy atom. The largest absolute Gasteiger partial charge is 0.341 e. The van der Waals surface area contributed by atoms with Gasteiger partial charge in [-0.1, -0.05) is 0 Å². The summed E-state index contributed by atoms with van der Waals surface area (Å²) in [4.78, 5) is 0. The molecule has 0 aromatic carbocycles. The minimum atomic E-state index is -3.40. The van der Waals surface area contributed by atoms with Crippen molar-refractivity contribution < 1.29 is 8.42 Å². The number of hydrogen-bond acceptors (Lipinski definition) is 4. The number of rotatable bonds is 0. The van der Waals surface area contributed by atoms with Gasteiger partial charge < -0.3 is 5.32 Å². The Bertz CT molecular complexity index is 444. The van der Waals surface area contributed by atoms with Gasteiger partial charge in [0.15, 0.2) is 4.21 Å². The normalized spacial score (nSPS) is 19.2. The van der Waals surface area contributed by atoms with E-state index in [9.17, 15) is 8.42 Å². The highest BCUT2D eigenvalue weighted by atomic mass is 32.2. The summed E-state index contributed by atoms with van der Waals surface area (Å²) in [5, 5.41) is 4.60. The lowest BCUT2D eigenvalue weighted by atomic mass is 10.5. The SMILES string of the molecule is CC1=NS(=O)(=O)c2sccc2N1. The Balaban J connectivity index is 2.72. The molecule has 64 valence electrons. The lowest BCUT2D eigenvalue weighted by Gasteiger charge is -2.10. The Morgan fingerprint density at radius 3 is 3.08 bits per heavy atom. The van der Waals surface area contributed by atoms with Gasteiger partial charge in [-0.15, -0.1) is 15.7 Å². The lowest BCUT2D eigenvalue weighted by Crippen LogP contribution is -2.16. The third-order valence-corrected chi connectivity index (χ3v) is 4.27. The Labute approximate surface area is 74.0 Å². The van der Waals surface area contributed by atoms with Crippen molar-refractivity contribution in [1.29, 1.82) is 0 Å². The average Bonchev–Trinajstić information content (AvgIpc) is 2.32. The van der Waals surface area contributed by atoms with E-state index < -0.39 is 10.0 Å². The van der Waals surface area contributed by atoms with Crippen molar-refractivity contribution in [2.75, 3.05) is 5.32 Å². The molecule has 2 heterocycles. The van der Waals surface area contributed by atoms with E-state index in [1.165, 1.54) is 11.3 Å². The van der Waals surface area contributed by atoms with Crippen molar-refractivity contribution >= 4 is 32.9 Å². The maximum absolute atomic E-state index is 11.3. The van der Waals surface area contributed by atoms with Crippen molar-refractivity contribution in [2.45, 2.75) is 11.1 Å². The predicted molar refractivity (Wildman–Crippen MR) is 48.2 cm³/mol. The molecule has 0 spiro atoms. The van der Waals surface area contributed by atoms with Crippen LogP contribution in [0.2, 0.25) is 0 Å². The van der Waals surface area contributed by atoms with Gasteiger partial charge in [0.25, 0.3) is 10.0 Å². The molecule has 0 atom stereocenters. The number of nitrogens with zero attached hydrogens (tertiary/aromatic N) is 1. The van der Waals surface area contributed by atoms with Gasteiger partial charge in [0, 0.05) is 0 Å². The van der Waals surface area contributed by atoms with E-state index in [-0.39, 0.29) is 0 Å². The van der Waals surface area contributed by atoms with Crippen molar-refractivity contribution in [3.63, 3.8) is 0 Å². The molecule has 1 aliphatic heterocycles. The highest BCUT2D eigenvalue weighted by molar-refractivity contribution is 7.92. The maximum atomic E-state index is 11.3. The number of amidine groups is 1. The van der Waals surface area contributed by atoms with E-state index in [0.29, 0.717) is 15.7 Å². The van der Waals surface area contributed by atoms with E-state index in [1.807, 2.05) is 0 Å². The third-order valence-electron chi connectivity index (χ3n) is 1.44. The van der Waals surface area contributed by atoms with Crippen LogP contribution < -0.4 is 5.32 Å². The van der Waals surface area contributed by atoms with Gasteiger partial charge >= 0.3 is 0 Å². The fraction of sp³-hybridized carbons (Fsp3) is 0.167. The third kappa shape index (κ3) is 1.03. The molecular weight excluding hydrogens is 196 g/mol. The van der Waals surface area contributed by atoms with E-state index in [4.69, 9.17) is 0 Å². The second-order valence-corrected chi connectivity index (χ2v) is 5.11. The van der Waals surface area contributed by atoms with E-state index in [0.717, 1.165) is 0 Å². The van der Waals surface area contributed by atoms with Gasteiger partial charge in [-0.3, -0.25) is 0 Å². The molecule has 1 N–H and O–H groups in total. The first-order chi connectivity index (χ1) is 5.59. The summed E-state index contributed by atoms with van der Waals surface area (Å²) in [7, 11) is -3.40. The molecule has 0 aliphatic carbocycles. The molecule has 0 fully saturated rings. The quantitative estimate of drug-likeness (QED) is 0.689. The fourth-order valence-corrected chi connectivity index (χ4v) is 3.25. The van der Waals surface area contributed by atoms with Crippen molar-refractivity contribution in [2.24, 2.45) is 4.40 Å². The predicted octanol–water partition coefficient (Wildman–Crippen LogP) is 1.28. The van der Waals surface area contributed by atoms with Crippen LogP contribution in [0.5, 0.6) is 0 Å². The molecule has 0 radical (unpaired) electrons. The molecular formula is C6H6N2O2S2. The van der Waals surface area contributed by atoms with Gasteiger partial charge in [-0.05, 0) is 18.4 Å². The molecule has 2 rings (SSSR count). The first-order valence-electron chi connectivity index (χ1n) is 3.26. The van der Waals surface area contributed by atoms with Gasteiger partial charge in [0.2, 0.25) is 0 Å². The molecule has 12 heavy (non-hydrogen) atoms. The zero-order valence-corrected chi connectivity index (χ0v) is 7.87. The molecule has 1 aromatic rings. The fourth-order valence-electron chi connectivity index (χ4n) is 1.03. The molecule has 0 amide bonds. The van der Waals surface area contributed by atoms with E-state index in [2.05, 4.69) is 9.71 Å². The van der Waals surface area contributed by atoms with Gasteiger partial charge in [0.1, 0.15) is 5.84 Å². The van der Waals surface area contributed by atoms with Crippen LogP contribution in [0, 0.1) is 0 Å². The minimum absolute atomic E-state index is 0.299. The molecule has 0 saturated heterocycles. The van der Waals surface area contributed by atoms with Gasteiger partial charge in [-0.2, -0.15) is 8.42 Å². The summed E-state index contributed by atoms with van der Waals surface area (Å²) in [6.45, 7) is 1.62.